The summed E-state index contributed by atoms with van der Waals surface area (Å²) in [4.78, 5) is 14.3. The van der Waals surface area contributed by atoms with Gasteiger partial charge in [-0.1, -0.05) is 12.1 Å². The molecule has 0 bridgehead atoms. The van der Waals surface area contributed by atoms with Gasteiger partial charge in [-0.3, -0.25) is 4.79 Å². The summed E-state index contributed by atoms with van der Waals surface area (Å²) in [5.41, 5.74) is 2.28. The fourth-order valence-corrected chi connectivity index (χ4v) is 4.61. The van der Waals surface area contributed by atoms with Crippen molar-refractivity contribution >= 4 is 5.97 Å². The summed E-state index contributed by atoms with van der Waals surface area (Å²) in [5.74, 6) is 1.20. The lowest BCUT2D eigenvalue weighted by atomic mass is 9.69. The van der Waals surface area contributed by atoms with Crippen LogP contribution in [0.3, 0.4) is 0 Å². The van der Waals surface area contributed by atoms with Crippen LogP contribution in [0.15, 0.2) is 24.3 Å². The first-order valence-corrected chi connectivity index (χ1v) is 9.55. The maximum absolute atomic E-state index is 12.0. The first-order valence-electron chi connectivity index (χ1n) is 9.55. The first-order chi connectivity index (χ1) is 12.9. The molecule has 1 aromatic carbocycles. The lowest BCUT2D eigenvalue weighted by Gasteiger charge is -2.36. The van der Waals surface area contributed by atoms with Crippen molar-refractivity contribution in [1.29, 1.82) is 0 Å². The molecule has 0 saturated carbocycles. The van der Waals surface area contributed by atoms with E-state index in [9.17, 15) is 9.90 Å². The zero-order valence-corrected chi connectivity index (χ0v) is 16.1. The Bertz CT molecular complexity index is 774. The number of methoxy groups -OCH3 is 1. The van der Waals surface area contributed by atoms with Gasteiger partial charge in [-0.2, -0.15) is 0 Å². The third-order valence-electron chi connectivity index (χ3n) is 5.87. The summed E-state index contributed by atoms with van der Waals surface area (Å²) >= 11 is 0. The van der Waals surface area contributed by atoms with Gasteiger partial charge in [0.25, 0.3) is 0 Å². The number of ether oxygens (including phenoxy) is 3. The zero-order valence-electron chi connectivity index (χ0n) is 16.1. The van der Waals surface area contributed by atoms with Crippen LogP contribution in [0.4, 0.5) is 0 Å². The van der Waals surface area contributed by atoms with Crippen LogP contribution in [0.25, 0.3) is 0 Å². The van der Waals surface area contributed by atoms with Crippen molar-refractivity contribution in [1.82, 2.24) is 4.90 Å². The summed E-state index contributed by atoms with van der Waals surface area (Å²) in [5, 5.41) is 9.39. The number of esters is 1. The van der Waals surface area contributed by atoms with Crippen molar-refractivity contribution in [3.63, 3.8) is 0 Å². The van der Waals surface area contributed by atoms with Crippen molar-refractivity contribution in [3.05, 3.63) is 35.4 Å². The van der Waals surface area contributed by atoms with Gasteiger partial charge in [0.05, 0.1) is 25.0 Å². The Balaban J connectivity index is 1.67. The molecule has 1 aliphatic carbocycles. The molecule has 1 spiro atoms. The van der Waals surface area contributed by atoms with Gasteiger partial charge < -0.3 is 24.2 Å². The summed E-state index contributed by atoms with van der Waals surface area (Å²) in [7, 11) is 3.80. The van der Waals surface area contributed by atoms with E-state index in [1.165, 1.54) is 11.1 Å². The second-order valence-corrected chi connectivity index (χ2v) is 7.94. The second kappa shape index (κ2) is 6.84. The number of carbonyl (C=O) groups excluding carboxylic acids is 1. The molecule has 4 rings (SSSR count). The maximum Gasteiger partial charge on any atom is 0.308 e. The van der Waals surface area contributed by atoms with Crippen molar-refractivity contribution < 1.29 is 24.1 Å². The van der Waals surface area contributed by atoms with E-state index in [-0.39, 0.29) is 30.0 Å². The van der Waals surface area contributed by atoms with E-state index in [1.54, 1.807) is 14.0 Å². The fraction of sp³-hybridized carbons (Fsp3) is 0.571. The Hall–Kier alpha value is -2.05. The highest BCUT2D eigenvalue weighted by Crippen LogP contribution is 2.55. The first kappa shape index (κ1) is 18.3. The highest BCUT2D eigenvalue weighted by molar-refractivity contribution is 5.70. The molecule has 6 nitrogen and oxygen atoms in total. The maximum atomic E-state index is 12.0. The van der Waals surface area contributed by atoms with E-state index in [0.717, 1.165) is 31.0 Å². The molecule has 1 aromatic rings. The number of aliphatic hydroxyl groups is 1. The summed E-state index contributed by atoms with van der Waals surface area (Å²) in [6, 6.07) is 4.11. The van der Waals surface area contributed by atoms with E-state index >= 15 is 0 Å². The van der Waals surface area contributed by atoms with Crippen LogP contribution >= 0.6 is 0 Å². The molecule has 4 atom stereocenters. The normalized spacial score (nSPS) is 29.9. The predicted octanol–water partition coefficient (Wildman–Crippen LogP) is 2.17. The minimum atomic E-state index is -0.701. The van der Waals surface area contributed by atoms with E-state index in [1.807, 2.05) is 12.1 Å². The van der Waals surface area contributed by atoms with Crippen molar-refractivity contribution in [3.8, 4) is 11.5 Å². The number of aliphatic hydroxyl groups excluding tert-OH is 1. The van der Waals surface area contributed by atoms with Gasteiger partial charge in [-0.25, -0.2) is 0 Å². The highest BCUT2D eigenvalue weighted by atomic mass is 16.6. The van der Waals surface area contributed by atoms with Gasteiger partial charge in [-0.05, 0) is 44.6 Å². The molecular weight excluding hydrogens is 346 g/mol. The topological polar surface area (TPSA) is 68.2 Å². The molecule has 2 heterocycles. The van der Waals surface area contributed by atoms with Crippen molar-refractivity contribution in [2.75, 3.05) is 20.7 Å². The van der Waals surface area contributed by atoms with Crippen LogP contribution < -0.4 is 9.47 Å². The smallest absolute Gasteiger partial charge is 0.308 e. The van der Waals surface area contributed by atoms with E-state index in [4.69, 9.17) is 14.2 Å². The molecule has 0 unspecified atom stereocenters. The van der Waals surface area contributed by atoms with Gasteiger partial charge in [0.1, 0.15) is 12.2 Å². The largest absolute Gasteiger partial charge is 0.493 e. The monoisotopic (exact) mass is 373 g/mol. The van der Waals surface area contributed by atoms with Crippen molar-refractivity contribution in [2.24, 2.45) is 0 Å². The lowest BCUT2D eigenvalue weighted by molar-refractivity contribution is -0.150. The Morgan fingerprint density at radius 1 is 1.48 bits per heavy atom. The second-order valence-electron chi connectivity index (χ2n) is 7.94. The lowest BCUT2D eigenvalue weighted by Crippen LogP contribution is -2.43. The van der Waals surface area contributed by atoms with Gasteiger partial charge in [0.15, 0.2) is 11.5 Å². The Morgan fingerprint density at radius 2 is 2.30 bits per heavy atom. The minimum absolute atomic E-state index is 0.00397. The summed E-state index contributed by atoms with van der Waals surface area (Å²) < 4.78 is 17.5. The van der Waals surface area contributed by atoms with Crippen LogP contribution in [-0.2, 0) is 21.5 Å². The number of nitrogens with zero attached hydrogens (tertiary/aromatic N) is 1. The fourth-order valence-electron chi connectivity index (χ4n) is 4.61. The number of rotatable bonds is 4. The highest BCUT2D eigenvalue weighted by Gasteiger charge is 2.53. The molecule has 6 heteroatoms. The van der Waals surface area contributed by atoms with Gasteiger partial charge in [-0.15, -0.1) is 0 Å². The molecule has 27 heavy (non-hydrogen) atoms. The SMILES string of the molecule is COc1ccc2c3c1O[C@H]1C[C@@H](OC(=O)C[C@H](C)O)C=C[C@@]31CCN(C)C2. The van der Waals surface area contributed by atoms with E-state index < -0.39 is 6.10 Å². The summed E-state index contributed by atoms with van der Waals surface area (Å²) in [6.07, 6.45) is 4.59. The van der Waals surface area contributed by atoms with E-state index in [0.29, 0.717) is 6.42 Å². The van der Waals surface area contributed by atoms with Gasteiger partial charge in [0, 0.05) is 18.5 Å². The van der Waals surface area contributed by atoms with Gasteiger partial charge in [0.2, 0.25) is 0 Å². The third kappa shape index (κ3) is 3.11. The average Bonchev–Trinajstić information content (AvgIpc) is 2.86. The van der Waals surface area contributed by atoms with Gasteiger partial charge >= 0.3 is 5.97 Å². The molecular formula is C21H27NO5. The molecule has 0 saturated heterocycles. The average molecular weight is 373 g/mol. The molecule has 0 radical (unpaired) electrons. The zero-order chi connectivity index (χ0) is 19.2. The van der Waals surface area contributed by atoms with Crippen molar-refractivity contribution in [2.45, 2.75) is 56.5 Å². The molecule has 1 N–H and O–H groups in total. The third-order valence-corrected chi connectivity index (χ3v) is 5.87. The Labute approximate surface area is 159 Å². The predicted molar refractivity (Wildman–Crippen MR) is 100.0 cm³/mol. The van der Waals surface area contributed by atoms with Crippen LogP contribution in [0.1, 0.15) is 37.3 Å². The minimum Gasteiger partial charge on any atom is -0.493 e. The molecule has 2 aliphatic heterocycles. The van der Waals surface area contributed by atoms with Crippen LogP contribution in [-0.4, -0.2) is 55.0 Å². The number of hydrogen-bond donors (Lipinski definition) is 1. The number of carbonyl (C=O) groups is 1. The molecule has 0 fully saturated rings. The Kier molecular flexibility index (Phi) is 4.64. The molecule has 0 amide bonds. The molecule has 0 aromatic heterocycles. The van der Waals surface area contributed by atoms with Crippen LogP contribution in [0.2, 0.25) is 0 Å². The molecule has 146 valence electrons. The quantitative estimate of drug-likeness (QED) is 0.644. The molecule has 3 aliphatic rings. The van der Waals surface area contributed by atoms with Crippen LogP contribution in [0, 0.1) is 0 Å². The Morgan fingerprint density at radius 3 is 3.04 bits per heavy atom. The summed E-state index contributed by atoms with van der Waals surface area (Å²) in [6.45, 7) is 3.43. The number of benzene rings is 1. The standard InChI is InChI=1S/C21H27NO5/c1-13(23)10-18(24)26-15-6-7-21-8-9-22(2)12-14-4-5-16(25-3)20(19(14)21)27-17(21)11-15/h4-7,13,15,17,23H,8-12H2,1-3H3/t13-,15-,17-,21-/m0/s1. The van der Waals surface area contributed by atoms with E-state index in [2.05, 4.69) is 24.1 Å². The van der Waals surface area contributed by atoms with Crippen LogP contribution in [0.5, 0.6) is 11.5 Å². The number of hydrogen-bond acceptors (Lipinski definition) is 6.